The number of amides is 3. The third-order valence-electron chi connectivity index (χ3n) is 5.66. The van der Waals surface area contributed by atoms with Crippen molar-refractivity contribution < 1.29 is 19.1 Å². The minimum Gasteiger partial charge on any atom is -0.487 e. The zero-order valence-corrected chi connectivity index (χ0v) is 17.4. The number of carbonyl (C=O) groups is 3. The fourth-order valence-corrected chi connectivity index (χ4v) is 4.01. The van der Waals surface area contributed by atoms with Crippen molar-refractivity contribution >= 4 is 17.7 Å². The van der Waals surface area contributed by atoms with Crippen molar-refractivity contribution in [2.24, 2.45) is 0 Å². The fraction of sp³-hybridized carbons (Fsp3) is 0.217. The highest BCUT2D eigenvalue weighted by atomic mass is 16.5. The first kappa shape index (κ1) is 20.4. The molecule has 2 aliphatic heterocycles. The van der Waals surface area contributed by atoms with Gasteiger partial charge in [0.05, 0.1) is 23.5 Å². The number of benzene rings is 2. The van der Waals surface area contributed by atoms with Gasteiger partial charge in [-0.3, -0.25) is 19.7 Å². The van der Waals surface area contributed by atoms with E-state index in [-0.39, 0.29) is 31.4 Å². The molecule has 0 saturated carbocycles. The summed E-state index contributed by atoms with van der Waals surface area (Å²) in [4.78, 5) is 38.0. The second-order valence-corrected chi connectivity index (χ2v) is 7.82. The maximum absolute atomic E-state index is 12.8. The topological polar surface area (TPSA) is 130 Å². The lowest BCUT2D eigenvalue weighted by atomic mass is 10.0. The fourth-order valence-electron chi connectivity index (χ4n) is 4.01. The van der Waals surface area contributed by atoms with Crippen LogP contribution in [0, 0.1) is 11.3 Å². The van der Waals surface area contributed by atoms with Crippen molar-refractivity contribution in [3.8, 4) is 17.5 Å². The Bertz CT molecular complexity index is 1320. The average Bonchev–Trinajstić information content (AvgIpc) is 3.42. The van der Waals surface area contributed by atoms with Crippen LogP contribution in [0.15, 0.2) is 48.7 Å². The molecule has 0 spiro atoms. The van der Waals surface area contributed by atoms with Gasteiger partial charge in [-0.1, -0.05) is 11.3 Å². The van der Waals surface area contributed by atoms with Crippen LogP contribution in [-0.4, -0.2) is 43.7 Å². The molecular formula is C23H18N6O4. The van der Waals surface area contributed by atoms with Gasteiger partial charge in [-0.25, -0.2) is 4.68 Å². The van der Waals surface area contributed by atoms with Gasteiger partial charge in [-0.2, -0.15) is 5.26 Å². The highest BCUT2D eigenvalue weighted by molar-refractivity contribution is 6.05. The van der Waals surface area contributed by atoms with E-state index in [1.807, 2.05) is 6.07 Å². The van der Waals surface area contributed by atoms with Crippen molar-refractivity contribution in [3.05, 3.63) is 71.0 Å². The molecule has 0 bridgehead atoms. The maximum atomic E-state index is 12.8. The monoisotopic (exact) mass is 442 g/mol. The van der Waals surface area contributed by atoms with Crippen LogP contribution in [0.25, 0.3) is 5.69 Å². The Labute approximate surface area is 188 Å². The highest BCUT2D eigenvalue weighted by Gasteiger charge is 2.39. The van der Waals surface area contributed by atoms with E-state index in [1.54, 1.807) is 47.3 Å². The second-order valence-electron chi connectivity index (χ2n) is 7.82. The van der Waals surface area contributed by atoms with E-state index in [2.05, 4.69) is 21.7 Å². The molecule has 1 N–H and O–H groups in total. The summed E-state index contributed by atoms with van der Waals surface area (Å²) in [6.07, 6.45) is 2.26. The molecular weight excluding hydrogens is 424 g/mol. The number of fused-ring (bicyclic) bond motifs is 1. The van der Waals surface area contributed by atoms with Crippen LogP contribution in [0.3, 0.4) is 0 Å². The van der Waals surface area contributed by atoms with Crippen LogP contribution in [0.5, 0.6) is 5.75 Å². The van der Waals surface area contributed by atoms with E-state index >= 15 is 0 Å². The molecule has 1 saturated heterocycles. The summed E-state index contributed by atoms with van der Waals surface area (Å²) in [5, 5.41) is 19.6. The summed E-state index contributed by atoms with van der Waals surface area (Å²) in [6.45, 7) is 0.468. The van der Waals surface area contributed by atoms with Crippen LogP contribution in [0.1, 0.15) is 40.0 Å². The van der Waals surface area contributed by atoms with Crippen molar-refractivity contribution in [3.63, 3.8) is 0 Å². The molecule has 33 heavy (non-hydrogen) atoms. The number of nitrogens with one attached hydrogen (secondary N) is 1. The van der Waals surface area contributed by atoms with Gasteiger partial charge in [-0.05, 0) is 48.4 Å². The third kappa shape index (κ3) is 3.92. The quantitative estimate of drug-likeness (QED) is 0.592. The Morgan fingerprint density at radius 3 is 2.88 bits per heavy atom. The van der Waals surface area contributed by atoms with Crippen LogP contribution in [0.2, 0.25) is 0 Å². The van der Waals surface area contributed by atoms with E-state index < -0.39 is 11.9 Å². The summed E-state index contributed by atoms with van der Waals surface area (Å²) >= 11 is 0. The summed E-state index contributed by atoms with van der Waals surface area (Å²) in [5.74, 6) is -0.410. The van der Waals surface area contributed by atoms with Crippen LogP contribution >= 0.6 is 0 Å². The third-order valence-corrected chi connectivity index (χ3v) is 5.66. The lowest BCUT2D eigenvalue weighted by Gasteiger charge is -2.29. The number of nitriles is 1. The molecule has 3 heterocycles. The summed E-state index contributed by atoms with van der Waals surface area (Å²) in [6, 6.07) is 13.6. The van der Waals surface area contributed by atoms with E-state index in [0.29, 0.717) is 29.0 Å². The lowest BCUT2D eigenvalue weighted by Crippen LogP contribution is -2.52. The van der Waals surface area contributed by atoms with Crippen LogP contribution in [0.4, 0.5) is 0 Å². The SMILES string of the molecule is N#Cc1cccc(OCc2cn(-c3ccc4c(c3)CN(C3CCC(=O)NC3=O)C4=O)nn2)c1. The molecule has 2 aliphatic rings. The van der Waals surface area contributed by atoms with Crippen molar-refractivity contribution in [1.82, 2.24) is 25.2 Å². The zero-order chi connectivity index (χ0) is 22.9. The Kier molecular flexibility index (Phi) is 5.06. The molecule has 10 heteroatoms. The predicted molar refractivity (Wildman–Crippen MR) is 113 cm³/mol. The lowest BCUT2D eigenvalue weighted by molar-refractivity contribution is -0.136. The molecule has 0 aliphatic carbocycles. The molecule has 1 aromatic heterocycles. The highest BCUT2D eigenvalue weighted by Crippen LogP contribution is 2.29. The number of ether oxygens (including phenoxy) is 1. The van der Waals surface area contributed by atoms with Gasteiger partial charge in [0.2, 0.25) is 11.8 Å². The van der Waals surface area contributed by atoms with Gasteiger partial charge in [0, 0.05) is 18.5 Å². The Balaban J connectivity index is 1.29. The van der Waals surface area contributed by atoms with E-state index in [0.717, 1.165) is 11.3 Å². The smallest absolute Gasteiger partial charge is 0.255 e. The van der Waals surface area contributed by atoms with Crippen molar-refractivity contribution in [2.45, 2.75) is 32.0 Å². The van der Waals surface area contributed by atoms with Gasteiger partial charge in [0.25, 0.3) is 5.91 Å². The number of hydrogen-bond donors (Lipinski definition) is 1. The van der Waals surface area contributed by atoms with E-state index in [9.17, 15) is 14.4 Å². The number of hydrogen-bond acceptors (Lipinski definition) is 7. The molecule has 2 aromatic carbocycles. The van der Waals surface area contributed by atoms with Crippen molar-refractivity contribution in [2.75, 3.05) is 0 Å². The molecule has 164 valence electrons. The number of rotatable bonds is 5. The molecule has 10 nitrogen and oxygen atoms in total. The van der Waals surface area contributed by atoms with Gasteiger partial charge >= 0.3 is 0 Å². The van der Waals surface area contributed by atoms with Crippen LogP contribution in [-0.2, 0) is 22.7 Å². The first-order valence-electron chi connectivity index (χ1n) is 10.3. The molecule has 3 amide bonds. The summed E-state index contributed by atoms with van der Waals surface area (Å²) in [5.41, 5.74) is 3.14. The molecule has 3 aromatic rings. The van der Waals surface area contributed by atoms with Gasteiger partial charge in [-0.15, -0.1) is 5.10 Å². The maximum Gasteiger partial charge on any atom is 0.255 e. The van der Waals surface area contributed by atoms with E-state index in [1.165, 1.54) is 4.90 Å². The average molecular weight is 442 g/mol. The second kappa shape index (κ2) is 8.20. The molecule has 5 rings (SSSR count). The first-order chi connectivity index (χ1) is 16.0. The molecule has 1 atom stereocenters. The summed E-state index contributed by atoms with van der Waals surface area (Å²) < 4.78 is 7.28. The number of imide groups is 1. The molecule has 1 unspecified atom stereocenters. The van der Waals surface area contributed by atoms with Crippen LogP contribution < -0.4 is 10.1 Å². The van der Waals surface area contributed by atoms with E-state index in [4.69, 9.17) is 10.00 Å². The number of piperidine rings is 1. The Morgan fingerprint density at radius 2 is 2.06 bits per heavy atom. The Morgan fingerprint density at radius 1 is 1.18 bits per heavy atom. The zero-order valence-electron chi connectivity index (χ0n) is 17.4. The van der Waals surface area contributed by atoms with Gasteiger partial charge < -0.3 is 9.64 Å². The van der Waals surface area contributed by atoms with Gasteiger partial charge in [0.15, 0.2) is 0 Å². The van der Waals surface area contributed by atoms with Crippen molar-refractivity contribution in [1.29, 1.82) is 5.26 Å². The standard InChI is InChI=1S/C23H18N6O4/c24-10-14-2-1-3-18(8-14)33-13-16-12-29(27-26-16)17-4-5-19-15(9-17)11-28(23(19)32)20-6-7-21(30)25-22(20)31/h1-5,8-9,12,20H,6-7,11,13H2,(H,25,30,31). The molecule has 1 fully saturated rings. The first-order valence-corrected chi connectivity index (χ1v) is 10.3. The minimum absolute atomic E-state index is 0.182. The largest absolute Gasteiger partial charge is 0.487 e. The number of carbonyl (C=O) groups excluding carboxylic acids is 3. The van der Waals surface area contributed by atoms with Gasteiger partial charge in [0.1, 0.15) is 24.1 Å². The number of aromatic nitrogens is 3. The summed E-state index contributed by atoms with van der Waals surface area (Å²) in [7, 11) is 0. The predicted octanol–water partition coefficient (Wildman–Crippen LogP) is 1.48. The normalized spacial score (nSPS) is 17.5. The Hall–Kier alpha value is -4.52. The minimum atomic E-state index is -0.652. The number of nitrogens with zero attached hydrogens (tertiary/aromatic N) is 5. The molecule has 0 radical (unpaired) electrons.